The number of nitrogens with one attached hydrogen (secondary N) is 1. The Balaban J connectivity index is 2.23. The number of benzene rings is 1. The Hall–Kier alpha value is -1.43. The molecule has 2 unspecified atom stereocenters. The molecule has 0 bridgehead atoms. The van der Waals surface area contributed by atoms with Gasteiger partial charge in [0.25, 0.3) is 0 Å². The van der Waals surface area contributed by atoms with Crippen molar-refractivity contribution in [3.05, 3.63) is 35.4 Å². The molecule has 19 heavy (non-hydrogen) atoms. The van der Waals surface area contributed by atoms with E-state index in [9.17, 15) is 20.1 Å². The van der Waals surface area contributed by atoms with Crippen LogP contribution in [0.3, 0.4) is 0 Å². The fourth-order valence-corrected chi connectivity index (χ4v) is 2.31. The molecule has 0 spiro atoms. The monoisotopic (exact) mass is 265 g/mol. The van der Waals surface area contributed by atoms with Crippen molar-refractivity contribution in [2.75, 3.05) is 13.6 Å². The van der Waals surface area contributed by atoms with Crippen LogP contribution in [0.4, 0.5) is 0 Å². The van der Waals surface area contributed by atoms with Crippen LogP contribution in [0.2, 0.25) is 0 Å². The predicted molar refractivity (Wildman–Crippen MR) is 69.9 cm³/mol. The van der Waals surface area contributed by atoms with Crippen LogP contribution in [-0.4, -0.2) is 41.0 Å². The Labute approximate surface area is 111 Å². The number of aliphatic carboxylic acids is 1. The third-order valence-electron chi connectivity index (χ3n) is 3.72. The Kier molecular flexibility index (Phi) is 3.89. The summed E-state index contributed by atoms with van der Waals surface area (Å²) in [5.74, 6) is -0.824. The van der Waals surface area contributed by atoms with E-state index in [1.807, 2.05) is 0 Å². The molecule has 0 heterocycles. The molecule has 0 aromatic heterocycles. The Morgan fingerprint density at radius 3 is 2.63 bits per heavy atom. The van der Waals surface area contributed by atoms with Gasteiger partial charge in [-0.1, -0.05) is 24.3 Å². The van der Waals surface area contributed by atoms with Gasteiger partial charge < -0.3 is 20.6 Å². The standard InChI is InChI=1S/C14H19NO4/c1-15-8-11(16)12(17)9-3-2-4-10(7-9)14(5-6-14)13(18)19/h2-4,7,11-12,15-17H,5-6,8H2,1H3,(H,18,19). The molecule has 1 fully saturated rings. The van der Waals surface area contributed by atoms with Gasteiger partial charge in [0.15, 0.2) is 0 Å². The highest BCUT2D eigenvalue weighted by atomic mass is 16.4. The van der Waals surface area contributed by atoms with E-state index in [0.29, 0.717) is 24.0 Å². The van der Waals surface area contributed by atoms with Crippen LogP contribution in [0.1, 0.15) is 30.1 Å². The largest absolute Gasteiger partial charge is 0.481 e. The summed E-state index contributed by atoms with van der Waals surface area (Å²) in [4.78, 5) is 11.3. The van der Waals surface area contributed by atoms with Crippen molar-refractivity contribution < 1.29 is 20.1 Å². The van der Waals surface area contributed by atoms with Gasteiger partial charge in [-0.25, -0.2) is 0 Å². The lowest BCUT2D eigenvalue weighted by Crippen LogP contribution is -2.29. The first-order valence-corrected chi connectivity index (χ1v) is 6.36. The van der Waals surface area contributed by atoms with Crippen molar-refractivity contribution in [1.82, 2.24) is 5.32 Å². The molecule has 1 aromatic rings. The fourth-order valence-electron chi connectivity index (χ4n) is 2.31. The van der Waals surface area contributed by atoms with Gasteiger partial charge in [0.1, 0.15) is 6.10 Å². The second-order valence-corrected chi connectivity index (χ2v) is 5.08. The van der Waals surface area contributed by atoms with Crippen molar-refractivity contribution in [2.45, 2.75) is 30.5 Å². The number of carboxylic acid groups (broad SMARTS) is 1. The Morgan fingerprint density at radius 2 is 2.11 bits per heavy atom. The average Bonchev–Trinajstić information content (AvgIpc) is 3.20. The number of likely N-dealkylation sites (N-methyl/N-ethyl adjacent to an activating group) is 1. The normalized spacial score (nSPS) is 19.7. The van der Waals surface area contributed by atoms with Gasteiger partial charge in [0.2, 0.25) is 0 Å². The Morgan fingerprint density at radius 1 is 1.42 bits per heavy atom. The number of carboxylic acids is 1. The van der Waals surface area contributed by atoms with Gasteiger partial charge in [-0.05, 0) is 31.0 Å². The SMILES string of the molecule is CNCC(O)C(O)c1cccc(C2(C(=O)O)CC2)c1. The molecule has 1 aliphatic carbocycles. The van der Waals surface area contributed by atoms with E-state index < -0.39 is 23.6 Å². The summed E-state index contributed by atoms with van der Waals surface area (Å²) in [6, 6.07) is 6.88. The summed E-state index contributed by atoms with van der Waals surface area (Å²) in [6.07, 6.45) is -0.681. The summed E-state index contributed by atoms with van der Waals surface area (Å²) in [5.41, 5.74) is 0.463. The van der Waals surface area contributed by atoms with Crippen molar-refractivity contribution in [3.63, 3.8) is 0 Å². The summed E-state index contributed by atoms with van der Waals surface area (Å²) < 4.78 is 0. The van der Waals surface area contributed by atoms with Gasteiger partial charge in [-0.15, -0.1) is 0 Å². The van der Waals surface area contributed by atoms with E-state index in [0.717, 1.165) is 0 Å². The van der Waals surface area contributed by atoms with E-state index in [4.69, 9.17) is 0 Å². The minimum atomic E-state index is -1.02. The van der Waals surface area contributed by atoms with Crippen molar-refractivity contribution in [3.8, 4) is 0 Å². The molecule has 0 amide bonds. The highest BCUT2D eigenvalue weighted by molar-refractivity contribution is 5.84. The maximum Gasteiger partial charge on any atom is 0.314 e. The summed E-state index contributed by atoms with van der Waals surface area (Å²) in [6.45, 7) is 0.273. The van der Waals surface area contributed by atoms with Crippen molar-refractivity contribution >= 4 is 5.97 Å². The van der Waals surface area contributed by atoms with E-state index in [1.54, 1.807) is 31.3 Å². The minimum absolute atomic E-state index is 0.273. The molecule has 104 valence electrons. The van der Waals surface area contributed by atoms with Crippen LogP contribution in [0.15, 0.2) is 24.3 Å². The lowest BCUT2D eigenvalue weighted by Gasteiger charge is -2.19. The molecule has 1 saturated carbocycles. The van der Waals surface area contributed by atoms with E-state index in [-0.39, 0.29) is 6.54 Å². The quantitative estimate of drug-likeness (QED) is 0.598. The van der Waals surface area contributed by atoms with Crippen LogP contribution in [-0.2, 0) is 10.2 Å². The number of carbonyl (C=O) groups is 1. The number of rotatable bonds is 6. The first kappa shape index (κ1) is 14.0. The third-order valence-corrected chi connectivity index (χ3v) is 3.72. The van der Waals surface area contributed by atoms with Gasteiger partial charge in [0, 0.05) is 6.54 Å². The van der Waals surface area contributed by atoms with Crippen LogP contribution >= 0.6 is 0 Å². The van der Waals surface area contributed by atoms with Crippen LogP contribution in [0.5, 0.6) is 0 Å². The smallest absolute Gasteiger partial charge is 0.314 e. The molecule has 2 rings (SSSR count). The number of hydrogen-bond donors (Lipinski definition) is 4. The van der Waals surface area contributed by atoms with Gasteiger partial charge in [-0.2, -0.15) is 0 Å². The summed E-state index contributed by atoms with van der Waals surface area (Å²) in [7, 11) is 1.69. The maximum absolute atomic E-state index is 11.3. The zero-order valence-corrected chi connectivity index (χ0v) is 10.8. The third kappa shape index (κ3) is 2.63. The summed E-state index contributed by atoms with van der Waals surface area (Å²) in [5, 5.41) is 31.8. The molecular weight excluding hydrogens is 246 g/mol. The minimum Gasteiger partial charge on any atom is -0.481 e. The zero-order chi connectivity index (χ0) is 14.0. The van der Waals surface area contributed by atoms with E-state index in [1.165, 1.54) is 0 Å². The van der Waals surface area contributed by atoms with E-state index in [2.05, 4.69) is 5.32 Å². The highest BCUT2D eigenvalue weighted by Gasteiger charge is 2.51. The fraction of sp³-hybridized carbons (Fsp3) is 0.500. The predicted octanol–water partition coefficient (Wildman–Crippen LogP) is 0.416. The van der Waals surface area contributed by atoms with Crippen LogP contribution < -0.4 is 5.32 Å². The first-order valence-electron chi connectivity index (χ1n) is 6.36. The molecular formula is C14H19NO4. The summed E-state index contributed by atoms with van der Waals surface area (Å²) >= 11 is 0. The Bertz CT molecular complexity index is 470. The molecule has 0 radical (unpaired) electrons. The number of hydrogen-bond acceptors (Lipinski definition) is 4. The zero-order valence-electron chi connectivity index (χ0n) is 10.8. The molecule has 1 aromatic carbocycles. The molecule has 5 nitrogen and oxygen atoms in total. The van der Waals surface area contributed by atoms with Crippen LogP contribution in [0.25, 0.3) is 0 Å². The first-order chi connectivity index (χ1) is 9.01. The van der Waals surface area contributed by atoms with Gasteiger partial charge in [0.05, 0.1) is 11.5 Å². The maximum atomic E-state index is 11.3. The highest BCUT2D eigenvalue weighted by Crippen LogP contribution is 2.48. The lowest BCUT2D eigenvalue weighted by molar-refractivity contribution is -0.140. The topological polar surface area (TPSA) is 89.8 Å². The molecule has 0 saturated heterocycles. The number of aliphatic hydroxyl groups excluding tert-OH is 2. The lowest BCUT2D eigenvalue weighted by atomic mass is 9.92. The van der Waals surface area contributed by atoms with Crippen molar-refractivity contribution in [2.24, 2.45) is 0 Å². The second-order valence-electron chi connectivity index (χ2n) is 5.08. The molecule has 0 aliphatic heterocycles. The molecule has 4 N–H and O–H groups in total. The van der Waals surface area contributed by atoms with Crippen molar-refractivity contribution in [1.29, 1.82) is 0 Å². The van der Waals surface area contributed by atoms with Gasteiger partial charge >= 0.3 is 5.97 Å². The van der Waals surface area contributed by atoms with E-state index >= 15 is 0 Å². The molecule has 2 atom stereocenters. The second kappa shape index (κ2) is 5.28. The molecule has 1 aliphatic rings. The number of aliphatic hydroxyl groups is 2. The van der Waals surface area contributed by atoms with Crippen LogP contribution in [0, 0.1) is 0 Å². The van der Waals surface area contributed by atoms with Gasteiger partial charge in [-0.3, -0.25) is 4.79 Å². The molecule has 5 heteroatoms. The average molecular weight is 265 g/mol.